The average Bonchev–Trinajstić information content (AvgIpc) is 2.62. The van der Waals surface area contributed by atoms with E-state index in [0.29, 0.717) is 12.0 Å². The number of likely N-dealkylation sites (N-methyl/N-ethyl adjacent to an activating group) is 1. The lowest BCUT2D eigenvalue weighted by atomic mass is 9.79. The van der Waals surface area contributed by atoms with Crippen LogP contribution in [0.5, 0.6) is 0 Å². The summed E-state index contributed by atoms with van der Waals surface area (Å²) >= 11 is 0. The first kappa shape index (κ1) is 21.6. The number of aliphatic carboxylic acids is 1. The lowest BCUT2D eigenvalue weighted by molar-refractivity contribution is -0.906. The summed E-state index contributed by atoms with van der Waals surface area (Å²) in [5.74, 6) is -1.24. The maximum Gasteiger partial charge on any atom is 0.514 e. The summed E-state index contributed by atoms with van der Waals surface area (Å²) in [6, 6.07) is 4.79. The molecule has 2 N–H and O–H groups in total. The summed E-state index contributed by atoms with van der Waals surface area (Å²) < 4.78 is 23.2. The van der Waals surface area contributed by atoms with Crippen LogP contribution in [0.15, 0.2) is 18.2 Å². The van der Waals surface area contributed by atoms with Gasteiger partial charge in [0, 0.05) is 18.9 Å². The van der Waals surface area contributed by atoms with Crippen molar-refractivity contribution in [3.8, 4) is 0 Å². The number of hydrogen-bond acceptors (Lipinski definition) is 5. The lowest BCUT2D eigenvalue weighted by Gasteiger charge is -2.47. The van der Waals surface area contributed by atoms with Gasteiger partial charge in [-0.3, -0.25) is 4.57 Å². The van der Waals surface area contributed by atoms with Gasteiger partial charge in [-0.1, -0.05) is 6.07 Å². The Kier molecular flexibility index (Phi) is 6.16. The van der Waals surface area contributed by atoms with E-state index in [-0.39, 0.29) is 31.6 Å². The summed E-state index contributed by atoms with van der Waals surface area (Å²) in [6.45, 7) is 7.05. The van der Waals surface area contributed by atoms with Crippen LogP contribution in [0.3, 0.4) is 0 Å². The summed E-state index contributed by atoms with van der Waals surface area (Å²) in [5.41, 5.74) is -0.665. The highest BCUT2D eigenvalue weighted by molar-refractivity contribution is 7.62. The number of quaternary nitrogens is 1. The van der Waals surface area contributed by atoms with Gasteiger partial charge in [0.15, 0.2) is 0 Å². The molecule has 1 amide bonds. The number of fused-ring (bicyclic) bond motifs is 1. The van der Waals surface area contributed by atoms with E-state index in [0.717, 1.165) is 5.56 Å². The number of rotatable bonds is 7. The van der Waals surface area contributed by atoms with E-state index in [1.54, 1.807) is 32.9 Å². The summed E-state index contributed by atoms with van der Waals surface area (Å²) in [5, 5.41) is 20.2. The highest BCUT2D eigenvalue weighted by Gasteiger charge is 2.62. The van der Waals surface area contributed by atoms with Crippen molar-refractivity contribution in [1.82, 2.24) is 0 Å². The molecule has 1 heterocycles. The first-order valence-corrected chi connectivity index (χ1v) is 10.5. The SMILES string of the molecule is CCOP(=O)(OCC)c1ccc2c(c1)C(C)(C(=O)O)[N+](CC)(C(=O)O)CC2. The van der Waals surface area contributed by atoms with Crippen LogP contribution in [-0.4, -0.2) is 53.1 Å². The molecule has 2 atom stereocenters. The fourth-order valence-electron chi connectivity index (χ4n) is 3.89. The van der Waals surface area contributed by atoms with E-state index in [9.17, 15) is 24.4 Å². The molecular weight excluding hydrogens is 373 g/mol. The summed E-state index contributed by atoms with van der Waals surface area (Å²) in [6.07, 6.45) is -0.789. The monoisotopic (exact) mass is 400 g/mol. The predicted octanol–water partition coefficient (Wildman–Crippen LogP) is 2.95. The van der Waals surface area contributed by atoms with Crippen molar-refractivity contribution >= 4 is 25.0 Å². The van der Waals surface area contributed by atoms with Gasteiger partial charge in [-0.25, -0.2) is 9.28 Å². The molecule has 1 aromatic rings. The van der Waals surface area contributed by atoms with Crippen LogP contribution in [0.1, 0.15) is 38.8 Å². The third-order valence-corrected chi connectivity index (χ3v) is 7.58. The van der Waals surface area contributed by atoms with Crippen molar-refractivity contribution in [2.24, 2.45) is 0 Å². The fourth-order valence-corrected chi connectivity index (χ4v) is 5.49. The second-order valence-electron chi connectivity index (χ2n) is 6.59. The first-order valence-electron chi connectivity index (χ1n) is 9.00. The Bertz CT molecular complexity index is 786. The van der Waals surface area contributed by atoms with Crippen LogP contribution < -0.4 is 5.30 Å². The van der Waals surface area contributed by atoms with E-state index >= 15 is 0 Å². The molecule has 0 spiro atoms. The fraction of sp³-hybridized carbons (Fsp3) is 0.556. The van der Waals surface area contributed by atoms with Gasteiger partial charge in [-0.15, -0.1) is 0 Å². The van der Waals surface area contributed by atoms with Gasteiger partial charge in [0.25, 0.3) is 0 Å². The minimum Gasteiger partial charge on any atom is -0.476 e. The molecule has 27 heavy (non-hydrogen) atoms. The topological polar surface area (TPSA) is 110 Å². The normalized spacial score (nSPS) is 25.0. The molecule has 0 radical (unpaired) electrons. The zero-order chi connectivity index (χ0) is 20.5. The van der Waals surface area contributed by atoms with Crippen molar-refractivity contribution in [2.45, 2.75) is 39.7 Å². The van der Waals surface area contributed by atoms with E-state index in [2.05, 4.69) is 0 Å². The zero-order valence-electron chi connectivity index (χ0n) is 16.1. The van der Waals surface area contributed by atoms with Gasteiger partial charge in [-0.05, 0) is 38.5 Å². The quantitative estimate of drug-likeness (QED) is 0.535. The van der Waals surface area contributed by atoms with Crippen LogP contribution in [0, 0.1) is 0 Å². The highest BCUT2D eigenvalue weighted by atomic mass is 31.2. The molecule has 0 bridgehead atoms. The lowest BCUT2D eigenvalue weighted by Crippen LogP contribution is -2.69. The molecule has 0 fully saturated rings. The Labute approximate surface area is 158 Å². The maximum absolute atomic E-state index is 13.1. The van der Waals surface area contributed by atoms with Crippen molar-refractivity contribution in [2.75, 3.05) is 26.3 Å². The molecule has 1 aliphatic rings. The molecule has 0 saturated heterocycles. The molecule has 1 aliphatic heterocycles. The molecule has 9 heteroatoms. The van der Waals surface area contributed by atoms with E-state index in [1.807, 2.05) is 0 Å². The van der Waals surface area contributed by atoms with Gasteiger partial charge in [-0.2, -0.15) is 4.79 Å². The van der Waals surface area contributed by atoms with Crippen LogP contribution in [-0.2, 0) is 30.4 Å². The third-order valence-electron chi connectivity index (χ3n) is 5.47. The molecule has 2 unspecified atom stereocenters. The number of hydrogen-bond donors (Lipinski definition) is 2. The Hall–Kier alpha value is -1.73. The number of amides is 1. The smallest absolute Gasteiger partial charge is 0.476 e. The van der Waals surface area contributed by atoms with Gasteiger partial charge in [0.05, 0.1) is 31.6 Å². The number of carboxylic acids is 1. The predicted molar refractivity (Wildman–Crippen MR) is 99.3 cm³/mol. The van der Waals surface area contributed by atoms with E-state index in [4.69, 9.17) is 9.05 Å². The van der Waals surface area contributed by atoms with Gasteiger partial charge < -0.3 is 19.3 Å². The van der Waals surface area contributed by atoms with Crippen molar-refractivity contribution in [1.29, 1.82) is 0 Å². The van der Waals surface area contributed by atoms with Gasteiger partial charge >= 0.3 is 19.7 Å². The first-order chi connectivity index (χ1) is 12.6. The van der Waals surface area contributed by atoms with E-state index in [1.165, 1.54) is 13.0 Å². The number of carboxylic acid groups (broad SMARTS) is 2. The summed E-state index contributed by atoms with van der Waals surface area (Å²) in [7, 11) is -3.63. The molecule has 1 aromatic carbocycles. The molecule has 0 aliphatic carbocycles. The van der Waals surface area contributed by atoms with Gasteiger partial charge in [0.1, 0.15) is 0 Å². The third kappa shape index (κ3) is 3.21. The molecule has 2 rings (SSSR count). The Morgan fingerprint density at radius 3 is 2.22 bits per heavy atom. The van der Waals surface area contributed by atoms with Crippen LogP contribution in [0.4, 0.5) is 4.79 Å². The van der Waals surface area contributed by atoms with Gasteiger partial charge in [0.2, 0.25) is 5.54 Å². The second kappa shape index (κ2) is 7.72. The number of carbonyl (C=O) groups is 2. The average molecular weight is 400 g/mol. The zero-order valence-corrected chi connectivity index (χ0v) is 17.0. The van der Waals surface area contributed by atoms with Crippen LogP contribution in [0.25, 0.3) is 0 Å². The van der Waals surface area contributed by atoms with E-state index < -0.39 is 29.7 Å². The standard InChI is InChI=1S/C18H26NO7P/c1-5-19(17(22)23)11-10-13-8-9-14(27(24,25-6-2)26-7-3)12-15(13)18(19,4)16(20)21/h8-9,12H,5-7,10-11H2,1-4H3,(H-,20,21,22,23)/p+1. The molecule has 150 valence electrons. The van der Waals surface area contributed by atoms with Crippen LogP contribution >= 0.6 is 7.60 Å². The highest BCUT2D eigenvalue weighted by Crippen LogP contribution is 2.49. The number of nitrogens with zero attached hydrogens (tertiary/aromatic N) is 1. The maximum atomic E-state index is 13.1. The number of benzene rings is 1. The van der Waals surface area contributed by atoms with Crippen molar-refractivity contribution in [3.63, 3.8) is 0 Å². The second-order valence-corrected chi connectivity index (χ2v) is 8.62. The van der Waals surface area contributed by atoms with Crippen molar-refractivity contribution in [3.05, 3.63) is 29.3 Å². The van der Waals surface area contributed by atoms with Crippen LogP contribution in [0.2, 0.25) is 0 Å². The molecule has 0 aromatic heterocycles. The largest absolute Gasteiger partial charge is 0.514 e. The molecular formula is C18H27NO7P+. The minimum atomic E-state index is -3.63. The molecule has 8 nitrogen and oxygen atoms in total. The Balaban J connectivity index is 2.75. The minimum absolute atomic E-state index is 0.108. The van der Waals surface area contributed by atoms with Crippen molar-refractivity contribution < 1.29 is 37.9 Å². The Morgan fingerprint density at radius 2 is 1.78 bits per heavy atom. The molecule has 0 saturated carbocycles. The Morgan fingerprint density at radius 1 is 1.19 bits per heavy atom. The summed E-state index contributed by atoms with van der Waals surface area (Å²) in [4.78, 5) is 24.4.